The number of methoxy groups -OCH3 is 1. The number of para-hydroxylation sites is 1. The zero-order valence-corrected chi connectivity index (χ0v) is 11.0. The van der Waals surface area contributed by atoms with Gasteiger partial charge in [0.1, 0.15) is 5.75 Å². The molecule has 0 spiro atoms. The lowest BCUT2D eigenvalue weighted by Gasteiger charge is -2.15. The second-order valence-electron chi connectivity index (χ2n) is 4.36. The highest BCUT2D eigenvalue weighted by Crippen LogP contribution is 2.24. The van der Waals surface area contributed by atoms with Gasteiger partial charge in [0.25, 0.3) is 0 Å². The lowest BCUT2D eigenvalue weighted by molar-refractivity contribution is -0.141. The van der Waals surface area contributed by atoms with E-state index in [2.05, 4.69) is 6.58 Å². The van der Waals surface area contributed by atoms with E-state index in [4.69, 9.17) is 4.74 Å². The van der Waals surface area contributed by atoms with Gasteiger partial charge >= 0.3 is 5.97 Å². The maximum atomic E-state index is 11.3. The fraction of sp³-hybridized carbons (Fsp3) is 0.400. The van der Waals surface area contributed by atoms with Gasteiger partial charge in [0.15, 0.2) is 0 Å². The van der Waals surface area contributed by atoms with Crippen LogP contribution in [0.25, 0.3) is 0 Å². The molecule has 0 aromatic heterocycles. The van der Waals surface area contributed by atoms with E-state index in [1.807, 2.05) is 31.2 Å². The van der Waals surface area contributed by atoms with Crippen molar-refractivity contribution < 1.29 is 14.6 Å². The van der Waals surface area contributed by atoms with Crippen LogP contribution in [0.2, 0.25) is 0 Å². The van der Waals surface area contributed by atoms with E-state index in [1.54, 1.807) is 7.11 Å². The number of allylic oxidation sites excluding steroid dienone is 1. The number of aliphatic carboxylic acids is 1. The van der Waals surface area contributed by atoms with Crippen molar-refractivity contribution >= 4 is 5.97 Å². The third-order valence-electron chi connectivity index (χ3n) is 3.04. The molecule has 0 bridgehead atoms. The smallest absolute Gasteiger partial charge is 0.307 e. The molecule has 0 radical (unpaired) electrons. The second kappa shape index (κ2) is 6.84. The summed E-state index contributed by atoms with van der Waals surface area (Å²) in [6.07, 6.45) is 1.80. The molecule has 0 saturated carbocycles. The molecule has 1 aromatic carbocycles. The van der Waals surface area contributed by atoms with Crippen LogP contribution in [0.15, 0.2) is 36.4 Å². The van der Waals surface area contributed by atoms with Crippen LogP contribution >= 0.6 is 0 Å². The first-order valence-electron chi connectivity index (χ1n) is 6.09. The maximum Gasteiger partial charge on any atom is 0.307 e. The summed E-state index contributed by atoms with van der Waals surface area (Å²) in [5.74, 6) is -0.477. The minimum absolute atomic E-state index is 0.436. The van der Waals surface area contributed by atoms with E-state index in [9.17, 15) is 9.90 Å². The fourth-order valence-corrected chi connectivity index (χ4v) is 1.88. The van der Waals surface area contributed by atoms with E-state index in [0.29, 0.717) is 12.8 Å². The van der Waals surface area contributed by atoms with E-state index in [1.165, 1.54) is 0 Å². The first-order chi connectivity index (χ1) is 8.58. The van der Waals surface area contributed by atoms with Crippen LogP contribution < -0.4 is 4.74 Å². The molecule has 0 amide bonds. The lowest BCUT2D eigenvalue weighted by atomic mass is 9.92. The van der Waals surface area contributed by atoms with Gasteiger partial charge in [-0.15, -0.1) is 0 Å². The van der Waals surface area contributed by atoms with Crippen molar-refractivity contribution in [1.29, 1.82) is 0 Å². The summed E-state index contributed by atoms with van der Waals surface area (Å²) in [5, 5.41) is 9.26. The van der Waals surface area contributed by atoms with Crippen molar-refractivity contribution in [3.63, 3.8) is 0 Å². The molecule has 0 aliphatic heterocycles. The van der Waals surface area contributed by atoms with Gasteiger partial charge in [-0.05, 0) is 30.9 Å². The quantitative estimate of drug-likeness (QED) is 0.753. The summed E-state index contributed by atoms with van der Waals surface area (Å²) in [6, 6.07) is 7.53. The predicted molar refractivity (Wildman–Crippen MR) is 71.9 cm³/mol. The Hall–Kier alpha value is -1.77. The van der Waals surface area contributed by atoms with Crippen molar-refractivity contribution in [3.8, 4) is 5.75 Å². The van der Waals surface area contributed by atoms with Crippen molar-refractivity contribution in [2.24, 2.45) is 5.92 Å². The molecule has 1 atom stereocenters. The Kier molecular flexibility index (Phi) is 5.43. The van der Waals surface area contributed by atoms with Crippen LogP contribution in [0, 0.1) is 5.92 Å². The molecule has 18 heavy (non-hydrogen) atoms. The number of hydrogen-bond donors (Lipinski definition) is 1. The highest BCUT2D eigenvalue weighted by atomic mass is 16.5. The number of ether oxygens (including phenoxy) is 1. The van der Waals surface area contributed by atoms with Gasteiger partial charge in [-0.1, -0.05) is 37.3 Å². The maximum absolute atomic E-state index is 11.3. The van der Waals surface area contributed by atoms with Gasteiger partial charge in [0, 0.05) is 0 Å². The number of rotatable bonds is 7. The fourth-order valence-electron chi connectivity index (χ4n) is 1.88. The highest BCUT2D eigenvalue weighted by molar-refractivity contribution is 5.71. The molecule has 1 aromatic rings. The van der Waals surface area contributed by atoms with Crippen LogP contribution in [0.1, 0.15) is 25.3 Å². The molecular weight excluding hydrogens is 228 g/mol. The molecule has 0 fully saturated rings. The third kappa shape index (κ3) is 3.91. The molecule has 0 saturated heterocycles. The van der Waals surface area contributed by atoms with Crippen molar-refractivity contribution in [3.05, 3.63) is 42.0 Å². The number of hydrogen-bond acceptors (Lipinski definition) is 2. The number of carboxylic acid groups (broad SMARTS) is 1. The van der Waals surface area contributed by atoms with Gasteiger partial charge in [-0.25, -0.2) is 0 Å². The number of carboxylic acids is 1. The average molecular weight is 248 g/mol. The van der Waals surface area contributed by atoms with Crippen LogP contribution in [0.3, 0.4) is 0 Å². The summed E-state index contributed by atoms with van der Waals surface area (Å²) in [7, 11) is 1.60. The molecule has 0 heterocycles. The molecule has 1 N–H and O–H groups in total. The van der Waals surface area contributed by atoms with Crippen LogP contribution in [0.4, 0.5) is 0 Å². The Morgan fingerprint density at radius 1 is 1.44 bits per heavy atom. The van der Waals surface area contributed by atoms with Crippen LogP contribution in [-0.4, -0.2) is 18.2 Å². The van der Waals surface area contributed by atoms with Gasteiger partial charge < -0.3 is 9.84 Å². The topological polar surface area (TPSA) is 46.5 Å². The normalized spacial score (nSPS) is 11.9. The summed E-state index contributed by atoms with van der Waals surface area (Å²) < 4.78 is 5.24. The molecule has 0 aliphatic carbocycles. The van der Waals surface area contributed by atoms with E-state index in [-0.39, 0.29) is 0 Å². The number of carbonyl (C=O) groups is 1. The summed E-state index contributed by atoms with van der Waals surface area (Å²) >= 11 is 0. The minimum Gasteiger partial charge on any atom is -0.496 e. The molecule has 3 nitrogen and oxygen atoms in total. The van der Waals surface area contributed by atoms with Gasteiger partial charge in [0.05, 0.1) is 13.0 Å². The molecule has 3 heteroatoms. The zero-order valence-electron chi connectivity index (χ0n) is 11.0. The lowest BCUT2D eigenvalue weighted by Crippen LogP contribution is -2.17. The van der Waals surface area contributed by atoms with Gasteiger partial charge in [-0.3, -0.25) is 4.79 Å². The van der Waals surface area contributed by atoms with E-state index in [0.717, 1.165) is 23.3 Å². The summed E-state index contributed by atoms with van der Waals surface area (Å²) in [5.41, 5.74) is 1.90. The predicted octanol–water partition coefficient (Wildman–Crippen LogP) is 3.29. The zero-order chi connectivity index (χ0) is 13.5. The molecular formula is C15H20O3. The summed E-state index contributed by atoms with van der Waals surface area (Å²) in [4.78, 5) is 11.3. The monoisotopic (exact) mass is 248 g/mol. The second-order valence-corrected chi connectivity index (χ2v) is 4.36. The molecule has 1 rings (SSSR count). The van der Waals surface area contributed by atoms with Crippen LogP contribution in [0.5, 0.6) is 5.75 Å². The Bertz CT molecular complexity index is 424. The molecule has 0 aliphatic rings. The Morgan fingerprint density at radius 3 is 2.67 bits per heavy atom. The third-order valence-corrected chi connectivity index (χ3v) is 3.04. The largest absolute Gasteiger partial charge is 0.496 e. The van der Waals surface area contributed by atoms with Crippen molar-refractivity contribution in [2.75, 3.05) is 7.11 Å². The standard InChI is InChI=1S/C15H20O3/c1-4-11(2)9-13(15(16)17)10-12-7-5-6-8-14(12)18-3/h5-8,13H,2,4,9-10H2,1,3H3,(H,16,17). The average Bonchev–Trinajstić information content (AvgIpc) is 2.38. The Labute approximate surface area is 108 Å². The Morgan fingerprint density at radius 2 is 2.11 bits per heavy atom. The van der Waals surface area contributed by atoms with Crippen molar-refractivity contribution in [2.45, 2.75) is 26.2 Å². The highest BCUT2D eigenvalue weighted by Gasteiger charge is 2.20. The van der Waals surface area contributed by atoms with E-state index < -0.39 is 11.9 Å². The molecule has 98 valence electrons. The Balaban J connectivity index is 2.83. The first kappa shape index (κ1) is 14.3. The van der Waals surface area contributed by atoms with Gasteiger partial charge in [-0.2, -0.15) is 0 Å². The summed E-state index contributed by atoms with van der Waals surface area (Å²) in [6.45, 7) is 5.88. The van der Waals surface area contributed by atoms with Crippen LogP contribution in [-0.2, 0) is 11.2 Å². The van der Waals surface area contributed by atoms with Crippen molar-refractivity contribution in [1.82, 2.24) is 0 Å². The minimum atomic E-state index is -0.782. The number of benzene rings is 1. The molecule has 1 unspecified atom stereocenters. The SMILES string of the molecule is C=C(CC)CC(Cc1ccccc1OC)C(=O)O. The van der Waals surface area contributed by atoms with E-state index >= 15 is 0 Å². The first-order valence-corrected chi connectivity index (χ1v) is 6.09. The van der Waals surface area contributed by atoms with Gasteiger partial charge in [0.2, 0.25) is 0 Å².